The van der Waals surface area contributed by atoms with Crippen LogP contribution in [0.4, 0.5) is 10.1 Å². The fourth-order valence-electron chi connectivity index (χ4n) is 2.88. The normalized spacial score (nSPS) is 15.6. The monoisotopic (exact) mass is 361 g/mol. The van der Waals surface area contributed by atoms with Gasteiger partial charge in [-0.2, -0.15) is 0 Å². The highest BCUT2D eigenvalue weighted by Crippen LogP contribution is 2.17. The van der Waals surface area contributed by atoms with Crippen LogP contribution in [0.5, 0.6) is 0 Å². The summed E-state index contributed by atoms with van der Waals surface area (Å²) in [6.07, 6.45) is 0. The largest absolute Gasteiger partial charge is 0.368 e. The summed E-state index contributed by atoms with van der Waals surface area (Å²) in [5, 5.41) is 3.39. The lowest BCUT2D eigenvalue weighted by Crippen LogP contribution is -2.52. The third-order valence-corrected chi connectivity index (χ3v) is 5.24. The van der Waals surface area contributed by atoms with Gasteiger partial charge in [0.15, 0.2) is 5.96 Å². The van der Waals surface area contributed by atoms with Crippen molar-refractivity contribution in [2.45, 2.75) is 20.4 Å². The Morgan fingerprint density at radius 1 is 1.24 bits per heavy atom. The molecule has 1 N–H and O–H groups in total. The maximum atomic E-state index is 13.1. The second-order valence-corrected chi connectivity index (χ2v) is 6.92. The molecule has 1 aliphatic rings. The van der Waals surface area contributed by atoms with Gasteiger partial charge in [0.2, 0.25) is 0 Å². The Morgan fingerprint density at radius 3 is 2.56 bits per heavy atom. The number of rotatable bonds is 4. The van der Waals surface area contributed by atoms with Gasteiger partial charge in [-0.1, -0.05) is 0 Å². The molecule has 0 aliphatic carbocycles. The zero-order chi connectivity index (χ0) is 17.6. The molecule has 0 unspecified atom stereocenters. The number of aromatic nitrogens is 1. The van der Waals surface area contributed by atoms with Gasteiger partial charge in [0, 0.05) is 43.3 Å². The van der Waals surface area contributed by atoms with Crippen LogP contribution >= 0.6 is 11.3 Å². The Labute approximate surface area is 152 Å². The van der Waals surface area contributed by atoms with Crippen molar-refractivity contribution in [2.75, 3.05) is 37.6 Å². The molecule has 25 heavy (non-hydrogen) atoms. The van der Waals surface area contributed by atoms with Crippen LogP contribution in [-0.4, -0.2) is 48.6 Å². The van der Waals surface area contributed by atoms with Gasteiger partial charge in [-0.3, -0.25) is 0 Å². The molecule has 1 aromatic heterocycles. The Balaban J connectivity index is 1.62. The quantitative estimate of drug-likeness (QED) is 0.672. The van der Waals surface area contributed by atoms with Gasteiger partial charge in [0.25, 0.3) is 0 Å². The van der Waals surface area contributed by atoms with Crippen LogP contribution in [0.15, 0.2) is 34.8 Å². The van der Waals surface area contributed by atoms with Gasteiger partial charge >= 0.3 is 0 Å². The molecular weight excluding hydrogens is 337 g/mol. The van der Waals surface area contributed by atoms with Gasteiger partial charge in [0.1, 0.15) is 5.82 Å². The Hall–Kier alpha value is -2.15. The van der Waals surface area contributed by atoms with E-state index in [2.05, 4.69) is 27.0 Å². The Kier molecular flexibility index (Phi) is 5.86. The SMILES string of the molecule is CCNC(=NCc1scnc1C)N1CCN(c2ccc(F)cc2)CC1. The minimum Gasteiger partial charge on any atom is -0.368 e. The highest BCUT2D eigenvalue weighted by Gasteiger charge is 2.20. The predicted octanol–water partition coefficient (Wildman–Crippen LogP) is 2.88. The maximum Gasteiger partial charge on any atom is 0.194 e. The van der Waals surface area contributed by atoms with Gasteiger partial charge < -0.3 is 15.1 Å². The van der Waals surface area contributed by atoms with Crippen LogP contribution in [0.25, 0.3) is 0 Å². The van der Waals surface area contributed by atoms with Crippen molar-refractivity contribution < 1.29 is 4.39 Å². The van der Waals surface area contributed by atoms with E-state index in [-0.39, 0.29) is 5.82 Å². The summed E-state index contributed by atoms with van der Waals surface area (Å²) in [6.45, 7) is 9.20. The van der Waals surface area contributed by atoms with Crippen molar-refractivity contribution in [2.24, 2.45) is 4.99 Å². The molecule has 7 heteroatoms. The van der Waals surface area contributed by atoms with Gasteiger partial charge in [-0.15, -0.1) is 11.3 Å². The highest BCUT2D eigenvalue weighted by molar-refractivity contribution is 7.09. The van der Waals surface area contributed by atoms with Crippen LogP contribution in [0.1, 0.15) is 17.5 Å². The first kappa shape index (κ1) is 17.7. The lowest BCUT2D eigenvalue weighted by Gasteiger charge is -2.37. The Bertz CT molecular complexity index is 705. The smallest absolute Gasteiger partial charge is 0.194 e. The second-order valence-electron chi connectivity index (χ2n) is 5.98. The molecule has 1 saturated heterocycles. The summed E-state index contributed by atoms with van der Waals surface area (Å²) in [5.74, 6) is 0.761. The summed E-state index contributed by atoms with van der Waals surface area (Å²) >= 11 is 1.65. The van der Waals surface area contributed by atoms with Crippen molar-refractivity contribution in [1.29, 1.82) is 0 Å². The number of aryl methyl sites for hydroxylation is 1. The van der Waals surface area contributed by atoms with E-state index < -0.39 is 0 Å². The Morgan fingerprint density at radius 2 is 1.96 bits per heavy atom. The van der Waals surface area contributed by atoms with E-state index in [0.717, 1.165) is 50.1 Å². The average Bonchev–Trinajstić information content (AvgIpc) is 3.04. The number of benzene rings is 1. The number of hydrogen-bond donors (Lipinski definition) is 1. The van der Waals surface area contributed by atoms with Gasteiger partial charge in [0.05, 0.1) is 17.7 Å². The van der Waals surface area contributed by atoms with Crippen molar-refractivity contribution in [1.82, 2.24) is 15.2 Å². The zero-order valence-corrected chi connectivity index (χ0v) is 15.5. The first-order chi connectivity index (χ1) is 12.2. The third kappa shape index (κ3) is 4.48. The van der Waals surface area contributed by atoms with Crippen molar-refractivity contribution in [3.8, 4) is 0 Å². The number of aliphatic imine (C=N–C) groups is 1. The van der Waals surface area contributed by atoms with Crippen LogP contribution in [0.2, 0.25) is 0 Å². The first-order valence-electron chi connectivity index (χ1n) is 8.60. The number of thiazole rings is 1. The van der Waals surface area contributed by atoms with E-state index in [1.807, 2.05) is 24.6 Å². The molecule has 1 aromatic carbocycles. The van der Waals surface area contributed by atoms with E-state index in [1.165, 1.54) is 17.0 Å². The second kappa shape index (κ2) is 8.29. The molecule has 2 heterocycles. The summed E-state index contributed by atoms with van der Waals surface area (Å²) in [7, 11) is 0. The van der Waals surface area contributed by atoms with Gasteiger partial charge in [-0.25, -0.2) is 14.4 Å². The van der Waals surface area contributed by atoms with E-state index in [1.54, 1.807) is 11.3 Å². The molecule has 0 spiro atoms. The van der Waals surface area contributed by atoms with Crippen molar-refractivity contribution >= 4 is 23.0 Å². The van der Waals surface area contributed by atoms with Crippen molar-refractivity contribution in [3.63, 3.8) is 0 Å². The fraction of sp³-hybridized carbons (Fsp3) is 0.444. The van der Waals surface area contributed by atoms with Crippen molar-refractivity contribution in [3.05, 3.63) is 46.2 Å². The molecule has 0 saturated carbocycles. The molecule has 2 aromatic rings. The number of nitrogens with zero attached hydrogens (tertiary/aromatic N) is 4. The number of halogens is 1. The molecule has 1 fully saturated rings. The van der Waals surface area contributed by atoms with Gasteiger partial charge in [-0.05, 0) is 38.1 Å². The molecule has 0 bridgehead atoms. The molecule has 134 valence electrons. The molecule has 3 rings (SSSR count). The lowest BCUT2D eigenvalue weighted by molar-refractivity contribution is 0.372. The molecular formula is C18H24FN5S. The number of nitrogens with one attached hydrogen (secondary N) is 1. The number of piperazine rings is 1. The minimum atomic E-state index is -0.192. The number of guanidine groups is 1. The van der Waals surface area contributed by atoms with Crippen LogP contribution in [0, 0.1) is 12.7 Å². The summed E-state index contributed by atoms with van der Waals surface area (Å²) in [6, 6.07) is 6.73. The summed E-state index contributed by atoms with van der Waals surface area (Å²) in [5.41, 5.74) is 4.00. The fourth-order valence-corrected chi connectivity index (χ4v) is 3.58. The zero-order valence-electron chi connectivity index (χ0n) is 14.7. The molecule has 0 atom stereocenters. The van der Waals surface area contributed by atoms with E-state index in [0.29, 0.717) is 6.54 Å². The molecule has 1 aliphatic heterocycles. The van der Waals surface area contributed by atoms with E-state index >= 15 is 0 Å². The third-order valence-electron chi connectivity index (χ3n) is 4.32. The average molecular weight is 361 g/mol. The van der Waals surface area contributed by atoms with E-state index in [4.69, 9.17) is 4.99 Å². The standard InChI is InChI=1S/C18H24FN5S/c1-3-20-18(21-12-17-14(2)22-13-25-17)24-10-8-23(9-11-24)16-6-4-15(19)5-7-16/h4-7,13H,3,8-12H2,1-2H3,(H,20,21). The topological polar surface area (TPSA) is 43.8 Å². The van der Waals surface area contributed by atoms with Crippen LogP contribution < -0.4 is 10.2 Å². The number of anilines is 1. The molecule has 0 amide bonds. The minimum absolute atomic E-state index is 0.192. The van der Waals surface area contributed by atoms with Crippen LogP contribution in [0.3, 0.4) is 0 Å². The molecule has 5 nitrogen and oxygen atoms in total. The number of hydrogen-bond acceptors (Lipinski definition) is 4. The first-order valence-corrected chi connectivity index (χ1v) is 9.48. The van der Waals surface area contributed by atoms with E-state index in [9.17, 15) is 4.39 Å². The summed E-state index contributed by atoms with van der Waals surface area (Å²) < 4.78 is 13.1. The highest BCUT2D eigenvalue weighted by atomic mass is 32.1. The maximum absolute atomic E-state index is 13.1. The summed E-state index contributed by atoms with van der Waals surface area (Å²) in [4.78, 5) is 14.9. The van der Waals surface area contributed by atoms with Crippen LogP contribution in [-0.2, 0) is 6.54 Å². The lowest BCUT2D eigenvalue weighted by atomic mass is 10.2. The molecule has 0 radical (unpaired) electrons. The predicted molar refractivity (Wildman–Crippen MR) is 102 cm³/mol.